The summed E-state index contributed by atoms with van der Waals surface area (Å²) in [6, 6.07) is 0.919. The molecule has 0 radical (unpaired) electrons. The zero-order valence-electron chi connectivity index (χ0n) is 14.3. The van der Waals surface area contributed by atoms with E-state index >= 15 is 0 Å². The first-order chi connectivity index (χ1) is 10.3. The van der Waals surface area contributed by atoms with Crippen LogP contribution >= 0.6 is 0 Å². The summed E-state index contributed by atoms with van der Waals surface area (Å²) < 4.78 is 0. The largest absolute Gasteiger partial charge is 0.351 e. The van der Waals surface area contributed by atoms with E-state index in [1.54, 1.807) is 0 Å². The van der Waals surface area contributed by atoms with E-state index in [4.69, 9.17) is 0 Å². The first-order valence-electron chi connectivity index (χ1n) is 8.71. The van der Waals surface area contributed by atoms with Crippen LogP contribution < -0.4 is 16.0 Å². The highest BCUT2D eigenvalue weighted by molar-refractivity contribution is 5.88. The molecule has 3 unspecified atom stereocenters. The van der Waals surface area contributed by atoms with Gasteiger partial charge in [-0.2, -0.15) is 0 Å². The monoisotopic (exact) mass is 309 g/mol. The maximum Gasteiger partial charge on any atom is 0.243 e. The summed E-state index contributed by atoms with van der Waals surface area (Å²) in [5.74, 6) is 0.332. The summed E-state index contributed by atoms with van der Waals surface area (Å²) in [6.45, 7) is 7.97. The molecule has 3 N–H and O–H groups in total. The number of hydrogen-bond acceptors (Lipinski definition) is 3. The first kappa shape index (κ1) is 17.3. The molecule has 2 fully saturated rings. The van der Waals surface area contributed by atoms with Crippen LogP contribution in [0.2, 0.25) is 0 Å². The van der Waals surface area contributed by atoms with Gasteiger partial charge in [-0.25, -0.2) is 0 Å². The quantitative estimate of drug-likeness (QED) is 0.697. The molecule has 2 heterocycles. The lowest BCUT2D eigenvalue weighted by atomic mass is 9.97. The lowest BCUT2D eigenvalue weighted by Gasteiger charge is -2.31. The second-order valence-electron chi connectivity index (χ2n) is 7.70. The molecule has 126 valence electrons. The molecule has 2 aliphatic heterocycles. The first-order valence-corrected chi connectivity index (χ1v) is 8.71. The van der Waals surface area contributed by atoms with Gasteiger partial charge in [-0.05, 0) is 37.5 Å². The molecule has 0 spiro atoms. The maximum absolute atomic E-state index is 12.6. The average molecular weight is 309 g/mol. The Bertz CT molecular complexity index is 397. The van der Waals surface area contributed by atoms with Crippen molar-refractivity contribution in [2.24, 2.45) is 11.8 Å². The Hall–Kier alpha value is -1.10. The van der Waals surface area contributed by atoms with Crippen molar-refractivity contribution in [2.45, 2.75) is 84.0 Å². The van der Waals surface area contributed by atoms with Gasteiger partial charge in [-0.15, -0.1) is 0 Å². The van der Waals surface area contributed by atoms with Crippen molar-refractivity contribution in [3.63, 3.8) is 0 Å². The van der Waals surface area contributed by atoms with Gasteiger partial charge in [0.05, 0.1) is 0 Å². The molecule has 0 aromatic rings. The molecular formula is C17H31N3O2. The number of hydrogen-bond donors (Lipinski definition) is 3. The Morgan fingerprint density at radius 1 is 1.09 bits per heavy atom. The summed E-state index contributed by atoms with van der Waals surface area (Å²) >= 11 is 0. The number of rotatable bonds is 6. The van der Waals surface area contributed by atoms with Crippen LogP contribution in [0.25, 0.3) is 0 Å². The maximum atomic E-state index is 12.6. The van der Waals surface area contributed by atoms with E-state index in [9.17, 15) is 9.59 Å². The summed E-state index contributed by atoms with van der Waals surface area (Å²) in [7, 11) is 0. The van der Waals surface area contributed by atoms with Crippen molar-refractivity contribution in [1.82, 2.24) is 16.0 Å². The predicted molar refractivity (Wildman–Crippen MR) is 87.3 cm³/mol. The fourth-order valence-electron chi connectivity index (χ4n) is 3.60. The van der Waals surface area contributed by atoms with E-state index < -0.39 is 6.04 Å². The fourth-order valence-corrected chi connectivity index (χ4v) is 3.60. The highest BCUT2D eigenvalue weighted by Crippen LogP contribution is 2.26. The van der Waals surface area contributed by atoms with E-state index in [2.05, 4.69) is 16.0 Å². The van der Waals surface area contributed by atoms with Crippen LogP contribution in [0.3, 0.4) is 0 Å². The molecule has 2 bridgehead atoms. The number of fused-ring (bicyclic) bond motifs is 2. The minimum absolute atomic E-state index is 0.0293. The Morgan fingerprint density at radius 2 is 1.68 bits per heavy atom. The van der Waals surface area contributed by atoms with Crippen LogP contribution in [0, 0.1) is 11.8 Å². The molecule has 5 nitrogen and oxygen atoms in total. The van der Waals surface area contributed by atoms with Crippen LogP contribution in [-0.2, 0) is 9.59 Å². The molecule has 2 amide bonds. The van der Waals surface area contributed by atoms with Gasteiger partial charge in [0, 0.05) is 24.5 Å². The van der Waals surface area contributed by atoms with Crippen LogP contribution in [0.4, 0.5) is 0 Å². The SMILES string of the molecule is CC(C)CC(=O)NC(C(=O)NC1CC2CCC(C1)N2)C(C)C. The zero-order valence-corrected chi connectivity index (χ0v) is 14.3. The number of carbonyl (C=O) groups is 2. The van der Waals surface area contributed by atoms with Crippen molar-refractivity contribution in [1.29, 1.82) is 0 Å². The Balaban J connectivity index is 1.88. The molecule has 5 heteroatoms. The van der Waals surface area contributed by atoms with Gasteiger partial charge in [0.2, 0.25) is 11.8 Å². The van der Waals surface area contributed by atoms with Gasteiger partial charge in [0.1, 0.15) is 6.04 Å². The van der Waals surface area contributed by atoms with E-state index in [-0.39, 0.29) is 23.8 Å². The smallest absolute Gasteiger partial charge is 0.243 e. The molecule has 2 rings (SSSR count). The number of carbonyl (C=O) groups excluding carboxylic acids is 2. The number of nitrogens with one attached hydrogen (secondary N) is 3. The highest BCUT2D eigenvalue weighted by atomic mass is 16.2. The molecule has 0 aromatic carbocycles. The highest BCUT2D eigenvalue weighted by Gasteiger charge is 2.35. The fraction of sp³-hybridized carbons (Fsp3) is 0.882. The number of piperidine rings is 1. The normalized spacial score (nSPS) is 28.7. The average Bonchev–Trinajstić information content (AvgIpc) is 2.74. The summed E-state index contributed by atoms with van der Waals surface area (Å²) in [5.41, 5.74) is 0. The van der Waals surface area contributed by atoms with Gasteiger partial charge in [-0.3, -0.25) is 9.59 Å². The van der Waals surface area contributed by atoms with Gasteiger partial charge in [-0.1, -0.05) is 27.7 Å². The van der Waals surface area contributed by atoms with Gasteiger partial charge >= 0.3 is 0 Å². The van der Waals surface area contributed by atoms with E-state index in [0.29, 0.717) is 24.4 Å². The van der Waals surface area contributed by atoms with Crippen LogP contribution in [0.1, 0.15) is 59.8 Å². The van der Waals surface area contributed by atoms with Crippen LogP contribution in [0.5, 0.6) is 0 Å². The second kappa shape index (κ2) is 7.44. The van der Waals surface area contributed by atoms with Crippen molar-refractivity contribution in [3.05, 3.63) is 0 Å². The zero-order chi connectivity index (χ0) is 16.3. The topological polar surface area (TPSA) is 70.2 Å². The Labute approximate surface area is 134 Å². The van der Waals surface area contributed by atoms with E-state index in [1.807, 2.05) is 27.7 Å². The molecule has 2 aliphatic rings. The summed E-state index contributed by atoms with van der Waals surface area (Å²) in [4.78, 5) is 24.5. The third-order valence-electron chi connectivity index (χ3n) is 4.68. The third-order valence-corrected chi connectivity index (χ3v) is 4.68. The molecule has 22 heavy (non-hydrogen) atoms. The summed E-state index contributed by atoms with van der Waals surface area (Å²) in [6.07, 6.45) is 4.92. The van der Waals surface area contributed by atoms with Crippen molar-refractivity contribution in [3.8, 4) is 0 Å². The lowest BCUT2D eigenvalue weighted by molar-refractivity contribution is -0.131. The van der Waals surface area contributed by atoms with Crippen molar-refractivity contribution >= 4 is 11.8 Å². The molecule has 0 saturated carbocycles. The van der Waals surface area contributed by atoms with Crippen molar-refractivity contribution in [2.75, 3.05) is 0 Å². The Morgan fingerprint density at radius 3 is 2.18 bits per heavy atom. The van der Waals surface area contributed by atoms with Crippen molar-refractivity contribution < 1.29 is 9.59 Å². The summed E-state index contributed by atoms with van der Waals surface area (Å²) in [5, 5.41) is 9.65. The van der Waals surface area contributed by atoms with Crippen LogP contribution in [0.15, 0.2) is 0 Å². The second-order valence-corrected chi connectivity index (χ2v) is 7.70. The van der Waals surface area contributed by atoms with E-state index in [0.717, 1.165) is 12.8 Å². The van der Waals surface area contributed by atoms with Crippen LogP contribution in [-0.4, -0.2) is 36.0 Å². The molecule has 0 aliphatic carbocycles. The predicted octanol–water partition coefficient (Wildman–Crippen LogP) is 1.57. The van der Waals surface area contributed by atoms with Gasteiger partial charge in [0.15, 0.2) is 0 Å². The van der Waals surface area contributed by atoms with Gasteiger partial charge in [0.25, 0.3) is 0 Å². The molecule has 2 saturated heterocycles. The minimum atomic E-state index is -0.432. The standard InChI is InChI=1S/C17H31N3O2/c1-10(2)7-15(21)20-16(11(3)4)17(22)19-14-8-12-5-6-13(9-14)18-12/h10-14,16,18H,5-9H2,1-4H3,(H,19,22)(H,20,21). The lowest BCUT2D eigenvalue weighted by Crippen LogP contribution is -2.55. The molecule has 0 aromatic heterocycles. The van der Waals surface area contributed by atoms with Gasteiger partial charge < -0.3 is 16.0 Å². The molecular weight excluding hydrogens is 278 g/mol. The number of amides is 2. The third kappa shape index (κ3) is 4.70. The van der Waals surface area contributed by atoms with E-state index in [1.165, 1.54) is 12.8 Å². The Kier molecular flexibility index (Phi) is 5.84. The molecule has 3 atom stereocenters. The minimum Gasteiger partial charge on any atom is -0.351 e.